The van der Waals surface area contributed by atoms with Gasteiger partial charge in [-0.25, -0.2) is 9.38 Å². The molecule has 0 aliphatic carbocycles. The first-order valence-corrected chi connectivity index (χ1v) is 10.1. The van der Waals surface area contributed by atoms with Crippen LogP contribution >= 0.6 is 24.0 Å². The highest BCUT2D eigenvalue weighted by molar-refractivity contribution is 14.0. The van der Waals surface area contributed by atoms with Gasteiger partial charge in [0, 0.05) is 25.4 Å². The van der Waals surface area contributed by atoms with Crippen LogP contribution in [0.25, 0.3) is 0 Å². The van der Waals surface area contributed by atoms with Crippen LogP contribution in [0, 0.1) is 5.82 Å². The first-order chi connectivity index (χ1) is 14.6. The average Bonchev–Trinajstić information content (AvgIpc) is 2.75. The molecule has 7 heteroatoms. The van der Waals surface area contributed by atoms with Gasteiger partial charge in [0.1, 0.15) is 5.82 Å². The highest BCUT2D eigenvalue weighted by Crippen LogP contribution is 2.07. The number of hydrogen-bond acceptors (Lipinski definition) is 2. The Labute approximate surface area is 199 Å². The normalized spacial score (nSPS) is 11.0. The summed E-state index contributed by atoms with van der Waals surface area (Å²) in [6.45, 7) is 4.54. The van der Waals surface area contributed by atoms with E-state index in [1.807, 2.05) is 43.3 Å². The van der Waals surface area contributed by atoms with Crippen molar-refractivity contribution in [2.75, 3.05) is 13.1 Å². The quantitative estimate of drug-likeness (QED) is 0.262. The van der Waals surface area contributed by atoms with E-state index in [1.54, 1.807) is 35.0 Å². The fourth-order valence-corrected chi connectivity index (χ4v) is 3.07. The van der Waals surface area contributed by atoms with E-state index < -0.39 is 0 Å². The fraction of sp³-hybridized carbons (Fsp3) is 0.250. The van der Waals surface area contributed by atoms with Crippen molar-refractivity contribution < 1.29 is 4.39 Å². The molecular formula is C24H28FIN4O. The van der Waals surface area contributed by atoms with Crippen molar-refractivity contribution in [3.8, 4) is 0 Å². The monoisotopic (exact) mass is 534 g/mol. The number of aromatic nitrogens is 1. The van der Waals surface area contributed by atoms with Crippen LogP contribution in [-0.2, 0) is 19.5 Å². The molecule has 5 nitrogen and oxygen atoms in total. The summed E-state index contributed by atoms with van der Waals surface area (Å²) in [4.78, 5) is 16.5. The summed E-state index contributed by atoms with van der Waals surface area (Å²) in [5, 5.41) is 6.52. The predicted octanol–water partition coefficient (Wildman–Crippen LogP) is 3.95. The second-order valence-corrected chi connectivity index (χ2v) is 6.99. The molecule has 1 aromatic heterocycles. The molecule has 2 aromatic carbocycles. The minimum Gasteiger partial charge on any atom is -0.357 e. The predicted molar refractivity (Wildman–Crippen MR) is 135 cm³/mol. The Kier molecular flexibility index (Phi) is 10.2. The van der Waals surface area contributed by atoms with Gasteiger partial charge >= 0.3 is 0 Å². The minimum atomic E-state index is -0.214. The van der Waals surface area contributed by atoms with Crippen LogP contribution in [0.3, 0.4) is 0 Å². The number of halogens is 2. The molecule has 0 saturated carbocycles. The van der Waals surface area contributed by atoms with Crippen molar-refractivity contribution in [3.05, 3.63) is 106 Å². The van der Waals surface area contributed by atoms with Crippen LogP contribution in [0.15, 0.2) is 82.7 Å². The summed E-state index contributed by atoms with van der Waals surface area (Å²) >= 11 is 0. The molecule has 0 atom stereocenters. The smallest absolute Gasteiger partial charge is 0.250 e. The summed E-state index contributed by atoms with van der Waals surface area (Å²) in [5.74, 6) is 0.516. The van der Waals surface area contributed by atoms with Gasteiger partial charge in [0.15, 0.2) is 5.96 Å². The Morgan fingerprint density at radius 3 is 2.45 bits per heavy atom. The van der Waals surface area contributed by atoms with Gasteiger partial charge in [-0.3, -0.25) is 4.79 Å². The number of benzene rings is 2. The number of hydrogen-bond donors (Lipinski definition) is 2. The van der Waals surface area contributed by atoms with Crippen LogP contribution < -0.4 is 16.2 Å². The molecule has 3 rings (SSSR count). The largest absolute Gasteiger partial charge is 0.357 e. The number of nitrogens with one attached hydrogen (secondary N) is 2. The zero-order valence-electron chi connectivity index (χ0n) is 17.6. The Morgan fingerprint density at radius 1 is 0.968 bits per heavy atom. The van der Waals surface area contributed by atoms with E-state index in [9.17, 15) is 9.18 Å². The standard InChI is InChI=1S/C24H27FN4O.HI/c1-2-26-24(27-14-13-19-6-5-7-22(25)16-19)28-17-20-9-11-21(12-10-20)18-29-15-4-3-8-23(29)30;/h3-12,15-16H,2,13-14,17-18H2,1H3,(H2,26,27,28);1H. The zero-order valence-corrected chi connectivity index (χ0v) is 19.9. The summed E-state index contributed by atoms with van der Waals surface area (Å²) in [6.07, 6.45) is 2.51. The molecule has 164 valence electrons. The Balaban J connectivity index is 0.00000341. The summed E-state index contributed by atoms with van der Waals surface area (Å²) in [6, 6.07) is 19.9. The first-order valence-electron chi connectivity index (χ1n) is 10.1. The maximum absolute atomic E-state index is 13.3. The molecule has 0 spiro atoms. The van der Waals surface area contributed by atoms with Crippen LogP contribution in [0.1, 0.15) is 23.6 Å². The van der Waals surface area contributed by atoms with Gasteiger partial charge in [-0.1, -0.05) is 42.5 Å². The molecule has 0 aliphatic rings. The van der Waals surface area contributed by atoms with Gasteiger partial charge in [0.25, 0.3) is 5.56 Å². The lowest BCUT2D eigenvalue weighted by Gasteiger charge is -2.11. The second kappa shape index (κ2) is 12.9. The third kappa shape index (κ3) is 8.16. The van der Waals surface area contributed by atoms with Crippen LogP contribution in [-0.4, -0.2) is 23.6 Å². The molecule has 0 fully saturated rings. The van der Waals surface area contributed by atoms with E-state index >= 15 is 0 Å². The van der Waals surface area contributed by atoms with Crippen molar-refractivity contribution in [3.63, 3.8) is 0 Å². The summed E-state index contributed by atoms with van der Waals surface area (Å²) in [7, 11) is 0. The van der Waals surface area contributed by atoms with Crippen molar-refractivity contribution >= 4 is 29.9 Å². The molecule has 0 unspecified atom stereocenters. The summed E-state index contributed by atoms with van der Waals surface area (Å²) in [5.41, 5.74) is 3.09. The number of aliphatic imine (C=N–C) groups is 1. The average molecular weight is 534 g/mol. The van der Waals surface area contributed by atoms with Crippen LogP contribution in [0.2, 0.25) is 0 Å². The molecule has 0 aliphatic heterocycles. The van der Waals surface area contributed by atoms with Gasteiger partial charge in [-0.15, -0.1) is 24.0 Å². The van der Waals surface area contributed by atoms with Gasteiger partial charge in [-0.05, 0) is 48.2 Å². The van der Waals surface area contributed by atoms with Crippen molar-refractivity contribution in [1.29, 1.82) is 0 Å². The molecule has 31 heavy (non-hydrogen) atoms. The number of nitrogens with zero attached hydrogens (tertiary/aromatic N) is 2. The topological polar surface area (TPSA) is 58.4 Å². The SMILES string of the molecule is CCNC(=NCc1ccc(Cn2ccccc2=O)cc1)NCCc1cccc(F)c1.I. The van der Waals surface area contributed by atoms with E-state index in [1.165, 1.54) is 6.07 Å². The van der Waals surface area contributed by atoms with Crippen molar-refractivity contribution in [2.45, 2.75) is 26.4 Å². The molecule has 0 radical (unpaired) electrons. The lowest BCUT2D eigenvalue weighted by Crippen LogP contribution is -2.38. The third-order valence-electron chi connectivity index (χ3n) is 4.63. The maximum Gasteiger partial charge on any atom is 0.250 e. The van der Waals surface area contributed by atoms with Gasteiger partial charge in [0.2, 0.25) is 0 Å². The number of rotatable bonds is 8. The highest BCUT2D eigenvalue weighted by Gasteiger charge is 2.01. The highest BCUT2D eigenvalue weighted by atomic mass is 127. The molecule has 0 bridgehead atoms. The Bertz CT molecular complexity index is 1030. The van der Waals surface area contributed by atoms with E-state index in [-0.39, 0.29) is 35.4 Å². The van der Waals surface area contributed by atoms with Crippen molar-refractivity contribution in [1.82, 2.24) is 15.2 Å². The van der Waals surface area contributed by atoms with E-state index in [2.05, 4.69) is 15.6 Å². The number of pyridine rings is 1. The first kappa shape index (κ1) is 24.6. The van der Waals surface area contributed by atoms with Crippen molar-refractivity contribution in [2.24, 2.45) is 4.99 Å². The lowest BCUT2D eigenvalue weighted by molar-refractivity contribution is 0.625. The van der Waals surface area contributed by atoms with E-state index in [4.69, 9.17) is 0 Å². The van der Waals surface area contributed by atoms with Gasteiger partial charge in [-0.2, -0.15) is 0 Å². The van der Waals surface area contributed by atoms with E-state index in [0.717, 1.165) is 35.6 Å². The Morgan fingerprint density at radius 2 is 1.74 bits per heavy atom. The third-order valence-corrected chi connectivity index (χ3v) is 4.63. The molecule has 3 aromatic rings. The van der Waals surface area contributed by atoms with Crippen LogP contribution in [0.4, 0.5) is 4.39 Å². The fourth-order valence-electron chi connectivity index (χ4n) is 3.07. The lowest BCUT2D eigenvalue weighted by atomic mass is 10.1. The summed E-state index contributed by atoms with van der Waals surface area (Å²) < 4.78 is 15.0. The molecule has 1 heterocycles. The zero-order chi connectivity index (χ0) is 21.2. The minimum absolute atomic E-state index is 0. The van der Waals surface area contributed by atoms with E-state index in [0.29, 0.717) is 19.6 Å². The van der Waals surface area contributed by atoms with Gasteiger partial charge < -0.3 is 15.2 Å². The van der Waals surface area contributed by atoms with Gasteiger partial charge in [0.05, 0.1) is 13.1 Å². The molecule has 0 saturated heterocycles. The molecular weight excluding hydrogens is 506 g/mol. The Hall–Kier alpha value is -2.68. The second-order valence-electron chi connectivity index (χ2n) is 6.99. The number of guanidine groups is 1. The maximum atomic E-state index is 13.3. The molecule has 0 amide bonds. The molecule has 2 N–H and O–H groups in total. The van der Waals surface area contributed by atoms with Crippen LogP contribution in [0.5, 0.6) is 0 Å².